The van der Waals surface area contributed by atoms with Gasteiger partial charge in [0.05, 0.1) is 6.61 Å². The molecule has 0 amide bonds. The Bertz CT molecular complexity index is 110. The van der Waals surface area contributed by atoms with Crippen molar-refractivity contribution in [1.29, 1.82) is 0 Å². The van der Waals surface area contributed by atoms with Crippen LogP contribution < -0.4 is 0 Å². The van der Waals surface area contributed by atoms with Crippen LogP contribution in [0.4, 0.5) is 4.79 Å². The second-order valence-electron chi connectivity index (χ2n) is 0.526. The van der Waals surface area contributed by atoms with Crippen molar-refractivity contribution in [2.24, 2.45) is 0 Å². The maximum absolute atomic E-state index is 9.78. The number of rotatable bonds is 1. The van der Waals surface area contributed by atoms with Gasteiger partial charge in [-0.1, -0.05) is 0 Å². The summed E-state index contributed by atoms with van der Waals surface area (Å²) >= 11 is 4.67. The summed E-state index contributed by atoms with van der Waals surface area (Å²) in [7, 11) is 0. The summed E-state index contributed by atoms with van der Waals surface area (Å²) in [5, 5.41) is 0. The molecule has 0 unspecified atom stereocenters. The Morgan fingerprint density at radius 2 is 3.00 bits per heavy atom. The zero-order valence-electron chi connectivity index (χ0n) is 5.90. The van der Waals surface area contributed by atoms with Crippen LogP contribution in [0.5, 0.6) is 0 Å². The smallest absolute Gasteiger partial charge is 0.403 e. The monoisotopic (exact) mass is 111 g/mol. The summed E-state index contributed by atoms with van der Waals surface area (Å²) in [6.07, 6.45) is 0. The zero-order valence-corrected chi connectivity index (χ0v) is 3.66. The van der Waals surface area contributed by atoms with Gasteiger partial charge in [-0.25, -0.2) is 4.79 Å². The van der Waals surface area contributed by atoms with E-state index in [0.29, 0.717) is 0 Å². The van der Waals surface area contributed by atoms with Crippen molar-refractivity contribution in [3.63, 3.8) is 0 Å². The summed E-state index contributed by atoms with van der Waals surface area (Å²) in [6, 6.07) is 0. The number of ether oxygens (including phenoxy) is 1. The molecule has 0 aliphatic rings. The van der Waals surface area contributed by atoms with E-state index in [9.17, 15) is 4.79 Å². The highest BCUT2D eigenvalue weighted by Crippen LogP contribution is 1.82. The third-order valence-corrected chi connectivity index (χ3v) is 0.295. The summed E-state index contributed by atoms with van der Waals surface area (Å²) in [5.74, 6) is 0. The Hall–Kier alpha value is -0.240. The van der Waals surface area contributed by atoms with Crippen molar-refractivity contribution >= 4 is 17.0 Å². The van der Waals surface area contributed by atoms with Gasteiger partial charge >= 0.3 is 5.43 Å². The lowest BCUT2D eigenvalue weighted by Gasteiger charge is -1.86. The first kappa shape index (κ1) is 2.17. The molecule has 2 nitrogen and oxygen atoms in total. The molecule has 36 valence electrons. The Morgan fingerprint density at radius 1 is 2.33 bits per heavy atom. The van der Waals surface area contributed by atoms with Gasteiger partial charge in [-0.15, -0.1) is 0 Å². The molecule has 3 heteroatoms. The summed E-state index contributed by atoms with van der Waals surface area (Å²) in [6.45, 7) is -2.88. The quantitative estimate of drug-likeness (QED) is 0.478. The lowest BCUT2D eigenvalue weighted by molar-refractivity contribution is 0.180. The molecule has 0 fully saturated rings. The molecule has 0 aliphatic heterocycles. The van der Waals surface area contributed by atoms with E-state index < -0.39 is 18.9 Å². The van der Waals surface area contributed by atoms with E-state index in [-0.39, 0.29) is 0 Å². The van der Waals surface area contributed by atoms with Crippen molar-refractivity contribution in [2.45, 2.75) is 6.85 Å². The number of hydrogen-bond donors (Lipinski definition) is 0. The molecule has 0 atom stereocenters. The number of hydrogen-bond acceptors (Lipinski definition) is 2. The normalized spacial score (nSPS) is 17.2. The van der Waals surface area contributed by atoms with Crippen molar-refractivity contribution < 1.29 is 13.6 Å². The predicted molar refractivity (Wildman–Crippen MR) is 22.9 cm³/mol. The van der Waals surface area contributed by atoms with Crippen molar-refractivity contribution in [3.05, 3.63) is 0 Å². The highest BCUT2D eigenvalue weighted by molar-refractivity contribution is 6.61. The molecule has 0 rings (SSSR count). The van der Waals surface area contributed by atoms with Crippen LogP contribution in [0, 0.1) is 0 Å². The van der Waals surface area contributed by atoms with Gasteiger partial charge in [0.15, 0.2) is 0 Å². The predicted octanol–water partition coefficient (Wildman–Crippen LogP) is 1.38. The van der Waals surface area contributed by atoms with E-state index in [0.717, 1.165) is 0 Å². The molecule has 0 aromatic carbocycles. The Kier molecular flexibility index (Phi) is 1.07. The molecule has 0 spiro atoms. The van der Waals surface area contributed by atoms with Gasteiger partial charge in [-0.05, 0) is 6.85 Å². The fourth-order valence-electron chi connectivity index (χ4n) is 0.0567. The molecule has 0 saturated carbocycles. The Labute approximate surface area is 45.3 Å². The van der Waals surface area contributed by atoms with Gasteiger partial charge in [0.2, 0.25) is 0 Å². The van der Waals surface area contributed by atoms with Crippen molar-refractivity contribution in [3.8, 4) is 0 Å². The van der Waals surface area contributed by atoms with E-state index >= 15 is 0 Å². The van der Waals surface area contributed by atoms with Crippen LogP contribution >= 0.6 is 11.6 Å². The minimum atomic E-state index is -2.25. The average molecular weight is 112 g/mol. The van der Waals surface area contributed by atoms with Crippen LogP contribution in [0.2, 0.25) is 0 Å². The number of carbonyl (C=O) groups excluding carboxylic acids is 1. The number of halogens is 1. The molecule has 0 heterocycles. The minimum absolute atomic E-state index is 0.630. The molecule has 0 aromatic rings. The van der Waals surface area contributed by atoms with Crippen LogP contribution in [-0.2, 0) is 4.74 Å². The van der Waals surface area contributed by atoms with Crippen LogP contribution in [0.25, 0.3) is 0 Å². The Balaban J connectivity index is 3.39. The van der Waals surface area contributed by atoms with Gasteiger partial charge < -0.3 is 4.74 Å². The maximum Gasteiger partial charge on any atom is 0.403 e. The van der Waals surface area contributed by atoms with E-state index in [1.807, 2.05) is 0 Å². The van der Waals surface area contributed by atoms with E-state index in [4.69, 9.17) is 4.11 Å². The van der Waals surface area contributed by atoms with Gasteiger partial charge in [0, 0.05) is 15.7 Å². The first-order chi connectivity index (χ1) is 3.92. The van der Waals surface area contributed by atoms with E-state index in [1.165, 1.54) is 0 Å². The second-order valence-corrected chi connectivity index (χ2v) is 0.835. The topological polar surface area (TPSA) is 26.3 Å². The molecular weight excluding hydrogens is 103 g/mol. The largest absolute Gasteiger partial charge is 0.454 e. The lowest BCUT2D eigenvalue weighted by Crippen LogP contribution is -1.89. The maximum atomic E-state index is 9.78. The Morgan fingerprint density at radius 3 is 3.17 bits per heavy atom. The van der Waals surface area contributed by atoms with Crippen LogP contribution in [0.15, 0.2) is 0 Å². The SMILES string of the molecule is [2H]C([2H])([2H])COC(=O)Cl. The third kappa shape index (κ3) is 3.76. The molecule has 0 radical (unpaired) electrons. The fraction of sp³-hybridized carbons (Fsp3) is 0.667. The van der Waals surface area contributed by atoms with Gasteiger partial charge in [0.1, 0.15) is 0 Å². The molecule has 0 aliphatic carbocycles. The summed E-state index contributed by atoms with van der Waals surface area (Å²) in [5.41, 5.74) is -1.09. The summed E-state index contributed by atoms with van der Waals surface area (Å²) in [4.78, 5) is 9.78. The molecule has 6 heavy (non-hydrogen) atoms. The molecule has 0 bridgehead atoms. The van der Waals surface area contributed by atoms with Crippen LogP contribution in [0.3, 0.4) is 0 Å². The van der Waals surface area contributed by atoms with Crippen LogP contribution in [0.1, 0.15) is 11.0 Å². The fourth-order valence-corrected chi connectivity index (χ4v) is 0.111. The van der Waals surface area contributed by atoms with Crippen molar-refractivity contribution in [1.82, 2.24) is 0 Å². The first-order valence-corrected chi connectivity index (χ1v) is 1.62. The number of carbonyl (C=O) groups is 1. The van der Waals surface area contributed by atoms with Crippen LogP contribution in [-0.4, -0.2) is 12.0 Å². The van der Waals surface area contributed by atoms with Gasteiger partial charge in [-0.3, -0.25) is 0 Å². The third-order valence-electron chi connectivity index (χ3n) is 0.186. The van der Waals surface area contributed by atoms with Crippen molar-refractivity contribution in [2.75, 3.05) is 6.61 Å². The minimum Gasteiger partial charge on any atom is -0.454 e. The molecule has 0 saturated heterocycles. The first-order valence-electron chi connectivity index (χ1n) is 2.74. The highest BCUT2D eigenvalue weighted by atomic mass is 35.5. The lowest BCUT2D eigenvalue weighted by atomic mass is 10.9. The molecule has 0 N–H and O–H groups in total. The molecular formula is C3H5ClO2. The van der Waals surface area contributed by atoms with E-state index in [2.05, 4.69) is 16.3 Å². The second kappa shape index (κ2) is 2.97. The average Bonchev–Trinajstić information content (AvgIpc) is 1.59. The highest BCUT2D eigenvalue weighted by Gasteiger charge is 1.85. The van der Waals surface area contributed by atoms with Gasteiger partial charge in [-0.2, -0.15) is 0 Å². The molecule has 0 aromatic heterocycles. The van der Waals surface area contributed by atoms with E-state index in [1.54, 1.807) is 0 Å². The van der Waals surface area contributed by atoms with Gasteiger partial charge in [0.25, 0.3) is 0 Å². The zero-order chi connectivity index (χ0) is 7.49. The summed E-state index contributed by atoms with van der Waals surface area (Å²) < 4.78 is 23.5. The standard InChI is InChI=1S/C3H5ClO2/c1-2-6-3(4)5/h2H2,1H3/i1D3.